The molecule has 0 bridgehead atoms. The summed E-state index contributed by atoms with van der Waals surface area (Å²) in [5.74, 6) is 24.8. The van der Waals surface area contributed by atoms with Crippen molar-refractivity contribution in [2.45, 2.75) is 20.3 Å². The molecule has 0 saturated carbocycles. The molecular weight excluding hydrogens is 342 g/mol. The predicted octanol–water partition coefficient (Wildman–Crippen LogP) is 2.69. The monoisotopic (exact) mass is 365 g/mol. The standard InChI is InChI=1S/C25H23N3/c1-6-7-8-9-10-11-12-13-14-21(2)19-23-15-16-24(20-22(23)3)26-25-27(4)17-18-28(25)5/h1,15-16,20-21H,17-19H2,2-5H3. The lowest BCUT2D eigenvalue weighted by molar-refractivity contribution is 0.553. The van der Waals surface area contributed by atoms with Crippen LogP contribution in [0.25, 0.3) is 0 Å². The minimum Gasteiger partial charge on any atom is -0.344 e. The first-order valence-corrected chi connectivity index (χ1v) is 9.08. The Kier molecular flexibility index (Phi) is 7.68. The lowest BCUT2D eigenvalue weighted by Crippen LogP contribution is -2.27. The summed E-state index contributed by atoms with van der Waals surface area (Å²) in [6.45, 7) is 6.23. The first kappa shape index (κ1) is 20.6. The molecule has 2 rings (SSSR count). The summed E-state index contributed by atoms with van der Waals surface area (Å²) in [6.07, 6.45) is 5.87. The van der Waals surface area contributed by atoms with E-state index in [4.69, 9.17) is 11.4 Å². The van der Waals surface area contributed by atoms with Gasteiger partial charge in [0.1, 0.15) is 0 Å². The zero-order valence-electron chi connectivity index (χ0n) is 16.8. The normalized spacial score (nSPS) is 12.8. The highest BCUT2D eigenvalue weighted by atomic mass is 15.4. The molecule has 0 aromatic heterocycles. The quantitative estimate of drug-likeness (QED) is 0.767. The van der Waals surface area contributed by atoms with Crippen molar-refractivity contribution in [3.63, 3.8) is 0 Å². The maximum Gasteiger partial charge on any atom is 0.201 e. The SMILES string of the molecule is C#CC#CC#CC#CC#CC(C)Cc1ccc(N=C2N(C)CCN2C)cc1C. The molecule has 1 saturated heterocycles. The number of hydrogen-bond donors (Lipinski definition) is 0. The summed E-state index contributed by atoms with van der Waals surface area (Å²) >= 11 is 0. The minimum absolute atomic E-state index is 0.200. The van der Waals surface area contributed by atoms with E-state index in [1.54, 1.807) is 0 Å². The minimum atomic E-state index is 0.200. The van der Waals surface area contributed by atoms with E-state index in [0.29, 0.717) is 0 Å². The Hall–Kier alpha value is -3.71. The van der Waals surface area contributed by atoms with Crippen molar-refractivity contribution in [3.05, 3.63) is 29.3 Å². The first-order valence-electron chi connectivity index (χ1n) is 9.08. The van der Waals surface area contributed by atoms with Crippen LogP contribution in [0.2, 0.25) is 0 Å². The van der Waals surface area contributed by atoms with Crippen molar-refractivity contribution in [2.24, 2.45) is 10.9 Å². The van der Waals surface area contributed by atoms with Crippen molar-refractivity contribution in [2.75, 3.05) is 27.2 Å². The molecule has 28 heavy (non-hydrogen) atoms. The summed E-state index contributed by atoms with van der Waals surface area (Å²) in [5.41, 5.74) is 3.48. The van der Waals surface area contributed by atoms with Crippen molar-refractivity contribution in [1.82, 2.24) is 9.80 Å². The van der Waals surface area contributed by atoms with Gasteiger partial charge in [0.25, 0.3) is 0 Å². The van der Waals surface area contributed by atoms with E-state index in [2.05, 4.69) is 109 Å². The molecule has 0 aliphatic carbocycles. The summed E-state index contributed by atoms with van der Waals surface area (Å²) in [4.78, 5) is 9.14. The lowest BCUT2D eigenvalue weighted by atomic mass is 9.97. The van der Waals surface area contributed by atoms with Crippen LogP contribution in [0.1, 0.15) is 18.1 Å². The number of benzene rings is 1. The van der Waals surface area contributed by atoms with E-state index in [1.807, 2.05) is 0 Å². The molecule has 0 amide bonds. The number of aryl methyl sites for hydroxylation is 1. The van der Waals surface area contributed by atoms with Gasteiger partial charge in [-0.3, -0.25) is 0 Å². The molecule has 1 aromatic rings. The molecule has 1 aliphatic heterocycles. The Bertz CT molecular complexity index is 1030. The highest BCUT2D eigenvalue weighted by Gasteiger charge is 2.19. The van der Waals surface area contributed by atoms with Gasteiger partial charge in [0, 0.05) is 33.1 Å². The van der Waals surface area contributed by atoms with E-state index >= 15 is 0 Å². The Morgan fingerprint density at radius 1 is 1.00 bits per heavy atom. The Morgan fingerprint density at radius 2 is 1.61 bits per heavy atom. The fourth-order valence-corrected chi connectivity index (χ4v) is 2.79. The van der Waals surface area contributed by atoms with E-state index in [9.17, 15) is 0 Å². The van der Waals surface area contributed by atoms with Gasteiger partial charge >= 0.3 is 0 Å². The second-order valence-corrected chi connectivity index (χ2v) is 6.63. The van der Waals surface area contributed by atoms with Gasteiger partial charge in [-0.25, -0.2) is 4.99 Å². The highest BCUT2D eigenvalue weighted by molar-refractivity contribution is 5.84. The third-order valence-electron chi connectivity index (χ3n) is 4.30. The summed E-state index contributed by atoms with van der Waals surface area (Å²) < 4.78 is 0. The Labute approximate surface area is 169 Å². The van der Waals surface area contributed by atoms with Gasteiger partial charge in [0.15, 0.2) is 0 Å². The fraction of sp³-hybridized carbons (Fsp3) is 0.320. The molecule has 0 N–H and O–H groups in total. The molecule has 0 radical (unpaired) electrons. The van der Waals surface area contributed by atoms with Crippen molar-refractivity contribution >= 4 is 11.6 Å². The number of likely N-dealkylation sites (N-methyl/N-ethyl adjacent to an activating group) is 2. The smallest absolute Gasteiger partial charge is 0.201 e. The lowest BCUT2D eigenvalue weighted by Gasteiger charge is -2.16. The Morgan fingerprint density at radius 3 is 2.21 bits per heavy atom. The van der Waals surface area contributed by atoms with Gasteiger partial charge in [0.05, 0.1) is 5.69 Å². The molecule has 3 nitrogen and oxygen atoms in total. The predicted molar refractivity (Wildman–Crippen MR) is 116 cm³/mol. The van der Waals surface area contributed by atoms with Crippen LogP contribution in [0.15, 0.2) is 23.2 Å². The number of nitrogens with zero attached hydrogens (tertiary/aromatic N) is 3. The van der Waals surface area contributed by atoms with E-state index in [0.717, 1.165) is 31.2 Å². The van der Waals surface area contributed by atoms with E-state index in [-0.39, 0.29) is 5.92 Å². The van der Waals surface area contributed by atoms with Crippen molar-refractivity contribution in [1.29, 1.82) is 0 Å². The van der Waals surface area contributed by atoms with Crippen molar-refractivity contribution < 1.29 is 0 Å². The second kappa shape index (κ2) is 10.4. The van der Waals surface area contributed by atoms with Crippen LogP contribution in [0.3, 0.4) is 0 Å². The zero-order chi connectivity index (χ0) is 20.4. The molecular formula is C25H23N3. The highest BCUT2D eigenvalue weighted by Crippen LogP contribution is 2.21. The topological polar surface area (TPSA) is 18.8 Å². The third-order valence-corrected chi connectivity index (χ3v) is 4.30. The number of guanidine groups is 1. The van der Waals surface area contributed by atoms with Gasteiger partial charge < -0.3 is 9.80 Å². The molecule has 0 spiro atoms. The number of terminal acetylenes is 1. The van der Waals surface area contributed by atoms with Gasteiger partial charge in [-0.05, 0) is 84.0 Å². The number of hydrogen-bond acceptors (Lipinski definition) is 1. The first-order chi connectivity index (χ1) is 13.5. The van der Waals surface area contributed by atoms with Crippen LogP contribution in [-0.2, 0) is 6.42 Å². The average molecular weight is 365 g/mol. The molecule has 1 heterocycles. The molecule has 1 aromatic carbocycles. The largest absolute Gasteiger partial charge is 0.344 e. The number of rotatable bonds is 3. The van der Waals surface area contributed by atoms with Crippen molar-refractivity contribution in [3.8, 4) is 59.7 Å². The van der Waals surface area contributed by atoms with Gasteiger partial charge in [-0.15, -0.1) is 6.42 Å². The summed E-state index contributed by atoms with van der Waals surface area (Å²) in [7, 11) is 4.15. The molecule has 138 valence electrons. The van der Waals surface area contributed by atoms with Crippen LogP contribution in [0, 0.1) is 72.5 Å². The average Bonchev–Trinajstić information content (AvgIpc) is 2.98. The molecule has 1 atom stereocenters. The summed E-state index contributed by atoms with van der Waals surface area (Å²) in [6, 6.07) is 6.35. The van der Waals surface area contributed by atoms with E-state index in [1.165, 1.54) is 11.1 Å². The molecule has 1 unspecified atom stereocenters. The third kappa shape index (κ3) is 6.22. The molecule has 3 heteroatoms. The number of aliphatic imine (C=N–C) groups is 1. The molecule has 1 fully saturated rings. The van der Waals surface area contributed by atoms with Gasteiger partial charge in [-0.2, -0.15) is 0 Å². The van der Waals surface area contributed by atoms with Crippen LogP contribution in [0.4, 0.5) is 5.69 Å². The fourth-order valence-electron chi connectivity index (χ4n) is 2.79. The summed E-state index contributed by atoms with van der Waals surface area (Å²) in [5, 5.41) is 0. The zero-order valence-corrected chi connectivity index (χ0v) is 16.8. The van der Waals surface area contributed by atoms with Crippen LogP contribution < -0.4 is 0 Å². The van der Waals surface area contributed by atoms with Crippen LogP contribution in [-0.4, -0.2) is 42.9 Å². The van der Waals surface area contributed by atoms with E-state index < -0.39 is 0 Å². The van der Waals surface area contributed by atoms with Gasteiger partial charge in [0.2, 0.25) is 5.96 Å². The van der Waals surface area contributed by atoms with Crippen LogP contribution >= 0.6 is 0 Å². The molecule has 1 aliphatic rings. The van der Waals surface area contributed by atoms with Crippen LogP contribution in [0.5, 0.6) is 0 Å². The maximum absolute atomic E-state index is 4.99. The second-order valence-electron chi connectivity index (χ2n) is 6.63. The maximum atomic E-state index is 4.99. The van der Waals surface area contributed by atoms with Gasteiger partial charge in [-0.1, -0.05) is 18.9 Å². The Balaban J connectivity index is 2.01.